The first kappa shape index (κ1) is 7.54. The van der Waals surface area contributed by atoms with Crippen molar-refractivity contribution in [3.05, 3.63) is 22.4 Å². The molecular weight excluding hydrogens is 194 g/mol. The predicted octanol–water partition coefficient (Wildman–Crippen LogP) is 1.91. The molecule has 0 saturated heterocycles. The largest absolute Gasteiger partial charge is 0.356 e. The van der Waals surface area contributed by atoms with E-state index in [2.05, 4.69) is 20.9 Å². The third-order valence-corrected chi connectivity index (χ3v) is 1.62. The predicted molar refractivity (Wildman–Crippen MR) is 42.9 cm³/mol. The SMILES string of the molecule is CC(=O)Cc1c[nH]c(Br)c1. The highest BCUT2D eigenvalue weighted by Crippen LogP contribution is 2.09. The molecule has 0 spiro atoms. The molecule has 0 aliphatic rings. The first-order valence-corrected chi connectivity index (χ1v) is 3.80. The van der Waals surface area contributed by atoms with Crippen LogP contribution in [-0.4, -0.2) is 10.8 Å². The van der Waals surface area contributed by atoms with Gasteiger partial charge < -0.3 is 4.98 Å². The smallest absolute Gasteiger partial charge is 0.134 e. The van der Waals surface area contributed by atoms with Crippen molar-refractivity contribution in [1.29, 1.82) is 0 Å². The molecule has 1 aromatic heterocycles. The van der Waals surface area contributed by atoms with Gasteiger partial charge in [-0.25, -0.2) is 0 Å². The van der Waals surface area contributed by atoms with E-state index in [1.807, 2.05) is 12.3 Å². The molecule has 0 saturated carbocycles. The summed E-state index contributed by atoms with van der Waals surface area (Å²) in [6.07, 6.45) is 2.34. The van der Waals surface area contributed by atoms with Crippen molar-refractivity contribution < 1.29 is 4.79 Å². The van der Waals surface area contributed by atoms with Crippen molar-refractivity contribution in [2.45, 2.75) is 13.3 Å². The Hall–Kier alpha value is -0.570. The van der Waals surface area contributed by atoms with Crippen LogP contribution in [0.4, 0.5) is 0 Å². The molecule has 1 heterocycles. The van der Waals surface area contributed by atoms with Gasteiger partial charge in [0.2, 0.25) is 0 Å². The third kappa shape index (κ3) is 1.99. The summed E-state index contributed by atoms with van der Waals surface area (Å²) in [5, 5.41) is 0. The van der Waals surface area contributed by atoms with Gasteiger partial charge in [0.25, 0.3) is 0 Å². The normalized spacial score (nSPS) is 9.80. The molecule has 0 fully saturated rings. The van der Waals surface area contributed by atoms with Crippen LogP contribution >= 0.6 is 15.9 Å². The van der Waals surface area contributed by atoms with Gasteiger partial charge in [-0.1, -0.05) is 0 Å². The van der Waals surface area contributed by atoms with Crippen LogP contribution in [0.5, 0.6) is 0 Å². The van der Waals surface area contributed by atoms with E-state index >= 15 is 0 Å². The number of aromatic nitrogens is 1. The Balaban J connectivity index is 2.67. The van der Waals surface area contributed by atoms with E-state index < -0.39 is 0 Å². The molecule has 0 unspecified atom stereocenters. The number of nitrogens with one attached hydrogen (secondary N) is 1. The van der Waals surface area contributed by atoms with Crippen molar-refractivity contribution >= 4 is 21.7 Å². The number of H-pyrrole nitrogens is 1. The van der Waals surface area contributed by atoms with Crippen LogP contribution in [0.15, 0.2) is 16.9 Å². The molecular formula is C7H8BrNO. The van der Waals surface area contributed by atoms with E-state index in [4.69, 9.17) is 0 Å². The first-order chi connectivity index (χ1) is 4.68. The molecule has 0 aliphatic carbocycles. The number of carbonyl (C=O) groups is 1. The van der Waals surface area contributed by atoms with Gasteiger partial charge in [-0.2, -0.15) is 0 Å². The van der Waals surface area contributed by atoms with Crippen molar-refractivity contribution in [2.24, 2.45) is 0 Å². The van der Waals surface area contributed by atoms with Crippen molar-refractivity contribution in [3.63, 3.8) is 0 Å². The lowest BCUT2D eigenvalue weighted by Crippen LogP contribution is -1.93. The van der Waals surface area contributed by atoms with Crippen LogP contribution in [0, 0.1) is 0 Å². The van der Waals surface area contributed by atoms with Crippen molar-refractivity contribution in [3.8, 4) is 0 Å². The summed E-state index contributed by atoms with van der Waals surface area (Å²) in [5.41, 5.74) is 1.03. The summed E-state index contributed by atoms with van der Waals surface area (Å²) in [6, 6.07) is 1.90. The van der Waals surface area contributed by atoms with E-state index in [1.165, 1.54) is 0 Å². The van der Waals surface area contributed by atoms with Crippen LogP contribution < -0.4 is 0 Å². The number of halogens is 1. The van der Waals surface area contributed by atoms with Gasteiger partial charge >= 0.3 is 0 Å². The Morgan fingerprint density at radius 3 is 2.90 bits per heavy atom. The zero-order valence-corrected chi connectivity index (χ0v) is 7.23. The molecule has 0 amide bonds. The molecule has 0 aromatic carbocycles. The Morgan fingerprint density at radius 2 is 2.50 bits per heavy atom. The number of carbonyl (C=O) groups excluding carboxylic acids is 1. The van der Waals surface area contributed by atoms with E-state index in [0.29, 0.717) is 6.42 Å². The minimum Gasteiger partial charge on any atom is -0.356 e. The molecule has 0 atom stereocenters. The molecule has 1 N–H and O–H groups in total. The van der Waals surface area contributed by atoms with E-state index in [1.54, 1.807) is 6.92 Å². The first-order valence-electron chi connectivity index (χ1n) is 3.00. The van der Waals surface area contributed by atoms with Crippen LogP contribution in [0.1, 0.15) is 12.5 Å². The van der Waals surface area contributed by atoms with Crippen molar-refractivity contribution in [1.82, 2.24) is 4.98 Å². The maximum Gasteiger partial charge on any atom is 0.134 e. The molecule has 2 nitrogen and oxygen atoms in total. The number of hydrogen-bond donors (Lipinski definition) is 1. The average molecular weight is 202 g/mol. The number of Topliss-reactive ketones (excluding diaryl/α,β-unsaturated/α-hetero) is 1. The fourth-order valence-corrected chi connectivity index (χ4v) is 1.21. The van der Waals surface area contributed by atoms with Crippen LogP contribution in [-0.2, 0) is 11.2 Å². The van der Waals surface area contributed by atoms with Gasteiger partial charge in [-0.15, -0.1) is 0 Å². The molecule has 0 aliphatic heterocycles. The zero-order chi connectivity index (χ0) is 7.56. The summed E-state index contributed by atoms with van der Waals surface area (Å²) in [4.78, 5) is 13.5. The maximum atomic E-state index is 10.6. The minimum atomic E-state index is 0.187. The highest BCUT2D eigenvalue weighted by atomic mass is 79.9. The topological polar surface area (TPSA) is 32.9 Å². The third-order valence-electron chi connectivity index (χ3n) is 1.16. The fraction of sp³-hybridized carbons (Fsp3) is 0.286. The van der Waals surface area contributed by atoms with E-state index in [0.717, 1.165) is 10.2 Å². The molecule has 1 rings (SSSR count). The number of rotatable bonds is 2. The molecule has 3 heteroatoms. The standard InChI is InChI=1S/C7H8BrNO/c1-5(10)2-6-3-7(8)9-4-6/h3-4,9H,2H2,1H3. The van der Waals surface area contributed by atoms with E-state index in [-0.39, 0.29) is 5.78 Å². The summed E-state index contributed by atoms with van der Waals surface area (Å²) in [6.45, 7) is 1.58. The monoisotopic (exact) mass is 201 g/mol. The maximum absolute atomic E-state index is 10.6. The second-order valence-corrected chi connectivity index (χ2v) is 3.09. The Kier molecular flexibility index (Phi) is 2.27. The second-order valence-electron chi connectivity index (χ2n) is 2.23. The fourth-order valence-electron chi connectivity index (χ4n) is 0.797. The Morgan fingerprint density at radius 1 is 1.80 bits per heavy atom. The highest BCUT2D eigenvalue weighted by molar-refractivity contribution is 9.10. The lowest BCUT2D eigenvalue weighted by atomic mass is 10.2. The van der Waals surface area contributed by atoms with Gasteiger partial charge in [0, 0.05) is 12.6 Å². The lowest BCUT2D eigenvalue weighted by molar-refractivity contribution is -0.116. The minimum absolute atomic E-state index is 0.187. The Bertz CT molecular complexity index is 242. The number of hydrogen-bond acceptors (Lipinski definition) is 1. The lowest BCUT2D eigenvalue weighted by Gasteiger charge is -1.86. The average Bonchev–Trinajstić information content (AvgIpc) is 2.13. The number of ketones is 1. The second kappa shape index (κ2) is 3.01. The molecule has 10 heavy (non-hydrogen) atoms. The summed E-state index contributed by atoms with van der Waals surface area (Å²) in [5.74, 6) is 0.187. The van der Waals surface area contributed by atoms with Gasteiger partial charge in [-0.3, -0.25) is 4.79 Å². The Labute approximate surface area is 67.8 Å². The highest BCUT2D eigenvalue weighted by Gasteiger charge is 1.98. The molecule has 54 valence electrons. The number of aromatic amines is 1. The van der Waals surface area contributed by atoms with Gasteiger partial charge in [0.15, 0.2) is 0 Å². The van der Waals surface area contributed by atoms with Gasteiger partial charge in [-0.05, 0) is 34.5 Å². The van der Waals surface area contributed by atoms with Crippen LogP contribution in [0.3, 0.4) is 0 Å². The molecule has 0 bridgehead atoms. The van der Waals surface area contributed by atoms with Crippen molar-refractivity contribution in [2.75, 3.05) is 0 Å². The summed E-state index contributed by atoms with van der Waals surface area (Å²) in [7, 11) is 0. The summed E-state index contributed by atoms with van der Waals surface area (Å²) < 4.78 is 0.920. The van der Waals surface area contributed by atoms with Crippen LogP contribution in [0.2, 0.25) is 0 Å². The summed E-state index contributed by atoms with van der Waals surface area (Å²) >= 11 is 3.26. The quantitative estimate of drug-likeness (QED) is 0.780. The van der Waals surface area contributed by atoms with Gasteiger partial charge in [0.05, 0.1) is 4.60 Å². The molecule has 1 aromatic rings. The molecule has 0 radical (unpaired) electrons. The van der Waals surface area contributed by atoms with Gasteiger partial charge in [0.1, 0.15) is 5.78 Å². The van der Waals surface area contributed by atoms with E-state index in [9.17, 15) is 4.79 Å². The van der Waals surface area contributed by atoms with Crippen LogP contribution in [0.25, 0.3) is 0 Å². The zero-order valence-electron chi connectivity index (χ0n) is 5.65.